The van der Waals surface area contributed by atoms with E-state index in [1.54, 1.807) is 12.1 Å². The standard InChI is InChI=1S/C17H22N2O4S/c1-10(2)19-14-8-7-11(9-15(14)23-17(19)20)24(21,22)18-16-12-5-3-4-6-13(12)16/h7-10,12-13,16,18H,3-6H2,1-2H3. The van der Waals surface area contributed by atoms with Crippen molar-refractivity contribution in [1.82, 2.24) is 9.29 Å². The van der Waals surface area contributed by atoms with Crippen molar-refractivity contribution in [2.75, 3.05) is 0 Å². The van der Waals surface area contributed by atoms with E-state index in [1.807, 2.05) is 13.8 Å². The second-order valence-electron chi connectivity index (χ2n) is 7.22. The minimum absolute atomic E-state index is 0.0473. The lowest BCUT2D eigenvalue weighted by atomic mass is 10.0. The molecule has 7 heteroatoms. The van der Waals surface area contributed by atoms with E-state index >= 15 is 0 Å². The number of benzene rings is 1. The van der Waals surface area contributed by atoms with E-state index in [1.165, 1.54) is 23.5 Å². The Kier molecular flexibility index (Phi) is 3.61. The smallest absolute Gasteiger partial charge is 0.408 e. The van der Waals surface area contributed by atoms with E-state index < -0.39 is 15.8 Å². The number of aromatic nitrogens is 1. The van der Waals surface area contributed by atoms with Crippen molar-refractivity contribution in [2.45, 2.75) is 56.5 Å². The third-order valence-electron chi connectivity index (χ3n) is 5.36. The molecule has 24 heavy (non-hydrogen) atoms. The first kappa shape index (κ1) is 15.9. The molecule has 6 nitrogen and oxygen atoms in total. The van der Waals surface area contributed by atoms with Crippen LogP contribution in [-0.2, 0) is 10.0 Å². The molecular weight excluding hydrogens is 328 g/mol. The monoisotopic (exact) mass is 350 g/mol. The van der Waals surface area contributed by atoms with Crippen LogP contribution in [0.4, 0.5) is 0 Å². The molecule has 2 atom stereocenters. The number of hydrogen-bond donors (Lipinski definition) is 1. The molecule has 0 saturated heterocycles. The molecule has 0 aliphatic heterocycles. The summed E-state index contributed by atoms with van der Waals surface area (Å²) in [5.41, 5.74) is 0.929. The highest BCUT2D eigenvalue weighted by atomic mass is 32.2. The Morgan fingerprint density at radius 3 is 2.50 bits per heavy atom. The molecule has 2 aliphatic rings. The summed E-state index contributed by atoms with van der Waals surface area (Å²) in [6, 6.07) is 4.66. The summed E-state index contributed by atoms with van der Waals surface area (Å²) in [6.45, 7) is 3.77. The van der Waals surface area contributed by atoms with Crippen molar-refractivity contribution in [2.24, 2.45) is 11.8 Å². The molecule has 4 rings (SSSR count). The zero-order chi connectivity index (χ0) is 17.1. The number of hydrogen-bond acceptors (Lipinski definition) is 4. The van der Waals surface area contributed by atoms with Gasteiger partial charge in [-0.05, 0) is 50.7 Å². The van der Waals surface area contributed by atoms with Crippen molar-refractivity contribution in [1.29, 1.82) is 0 Å². The Labute approximate surface area is 140 Å². The molecule has 0 radical (unpaired) electrons. The Hall–Kier alpha value is -1.60. The molecule has 0 amide bonds. The van der Waals surface area contributed by atoms with E-state index in [0.717, 1.165) is 12.8 Å². The Morgan fingerprint density at radius 2 is 1.88 bits per heavy atom. The summed E-state index contributed by atoms with van der Waals surface area (Å²) in [7, 11) is -3.59. The van der Waals surface area contributed by atoms with Crippen LogP contribution in [0.1, 0.15) is 45.6 Å². The van der Waals surface area contributed by atoms with Gasteiger partial charge < -0.3 is 4.42 Å². The fraction of sp³-hybridized carbons (Fsp3) is 0.588. The predicted molar refractivity (Wildman–Crippen MR) is 90.4 cm³/mol. The van der Waals surface area contributed by atoms with Crippen molar-refractivity contribution >= 4 is 21.1 Å². The fourth-order valence-corrected chi connectivity index (χ4v) is 5.44. The molecular formula is C17H22N2O4S. The zero-order valence-electron chi connectivity index (χ0n) is 13.9. The van der Waals surface area contributed by atoms with Gasteiger partial charge in [-0.3, -0.25) is 4.57 Å². The summed E-state index contributed by atoms with van der Waals surface area (Å²) < 4.78 is 34.9. The van der Waals surface area contributed by atoms with Gasteiger partial charge in [-0.2, -0.15) is 0 Å². The highest BCUT2D eigenvalue weighted by molar-refractivity contribution is 7.89. The minimum Gasteiger partial charge on any atom is -0.408 e. The maximum atomic E-state index is 12.7. The molecule has 0 spiro atoms. The summed E-state index contributed by atoms with van der Waals surface area (Å²) in [4.78, 5) is 12.1. The third kappa shape index (κ3) is 2.50. The van der Waals surface area contributed by atoms with Crippen LogP contribution < -0.4 is 10.5 Å². The Balaban J connectivity index is 1.65. The van der Waals surface area contributed by atoms with Gasteiger partial charge in [-0.25, -0.2) is 17.9 Å². The van der Waals surface area contributed by atoms with Crippen molar-refractivity contribution < 1.29 is 12.8 Å². The van der Waals surface area contributed by atoms with Gasteiger partial charge >= 0.3 is 5.76 Å². The first-order valence-electron chi connectivity index (χ1n) is 8.56. The van der Waals surface area contributed by atoms with Crippen LogP contribution in [0.15, 0.2) is 32.3 Å². The molecule has 0 bridgehead atoms. The minimum atomic E-state index is -3.59. The van der Waals surface area contributed by atoms with Crippen LogP contribution in [-0.4, -0.2) is 19.0 Å². The molecule has 2 fully saturated rings. The van der Waals surface area contributed by atoms with Crippen LogP contribution >= 0.6 is 0 Å². The highest BCUT2D eigenvalue weighted by Gasteiger charge is 2.52. The van der Waals surface area contributed by atoms with E-state index in [0.29, 0.717) is 22.9 Å². The second kappa shape index (κ2) is 5.46. The lowest BCUT2D eigenvalue weighted by Crippen LogP contribution is -2.27. The van der Waals surface area contributed by atoms with E-state index in [2.05, 4.69) is 4.72 Å². The van der Waals surface area contributed by atoms with Gasteiger partial charge in [0, 0.05) is 18.2 Å². The van der Waals surface area contributed by atoms with Crippen LogP contribution in [0.2, 0.25) is 0 Å². The first-order chi connectivity index (χ1) is 11.4. The zero-order valence-corrected chi connectivity index (χ0v) is 14.7. The number of nitrogens with one attached hydrogen (secondary N) is 1. The average Bonchev–Trinajstić information content (AvgIpc) is 3.09. The summed E-state index contributed by atoms with van der Waals surface area (Å²) in [5.74, 6) is 0.533. The molecule has 1 aromatic heterocycles. The van der Waals surface area contributed by atoms with Gasteiger partial charge in [0.15, 0.2) is 5.58 Å². The molecule has 2 saturated carbocycles. The van der Waals surface area contributed by atoms with E-state index in [-0.39, 0.29) is 17.0 Å². The topological polar surface area (TPSA) is 81.3 Å². The Morgan fingerprint density at radius 1 is 1.21 bits per heavy atom. The number of sulfonamides is 1. The summed E-state index contributed by atoms with van der Waals surface area (Å²) in [5, 5.41) is 0. The van der Waals surface area contributed by atoms with Crippen LogP contribution in [0.5, 0.6) is 0 Å². The van der Waals surface area contributed by atoms with Gasteiger partial charge in [-0.1, -0.05) is 12.8 Å². The lowest BCUT2D eigenvalue weighted by molar-refractivity contribution is 0.478. The SMILES string of the molecule is CC(C)n1c(=O)oc2cc(S(=O)(=O)NC3C4CCCCC43)ccc21. The Bertz CT molecular complexity index is 929. The van der Waals surface area contributed by atoms with E-state index in [9.17, 15) is 13.2 Å². The summed E-state index contributed by atoms with van der Waals surface area (Å²) >= 11 is 0. The number of nitrogens with zero attached hydrogens (tertiary/aromatic N) is 1. The molecule has 1 heterocycles. The van der Waals surface area contributed by atoms with Gasteiger partial charge in [0.1, 0.15) is 0 Å². The largest absolute Gasteiger partial charge is 0.420 e. The number of fused-ring (bicyclic) bond motifs is 2. The first-order valence-corrected chi connectivity index (χ1v) is 10.0. The number of oxazole rings is 1. The van der Waals surface area contributed by atoms with Gasteiger partial charge in [-0.15, -0.1) is 0 Å². The van der Waals surface area contributed by atoms with Crippen molar-refractivity contribution in [3.63, 3.8) is 0 Å². The van der Waals surface area contributed by atoms with Crippen molar-refractivity contribution in [3.8, 4) is 0 Å². The molecule has 130 valence electrons. The molecule has 1 aromatic carbocycles. The second-order valence-corrected chi connectivity index (χ2v) is 8.93. The quantitative estimate of drug-likeness (QED) is 0.919. The van der Waals surface area contributed by atoms with Crippen LogP contribution in [0.25, 0.3) is 11.1 Å². The van der Waals surface area contributed by atoms with Gasteiger partial charge in [0.2, 0.25) is 10.0 Å². The molecule has 2 unspecified atom stereocenters. The van der Waals surface area contributed by atoms with E-state index in [4.69, 9.17) is 4.42 Å². The number of rotatable bonds is 4. The normalized spacial score (nSPS) is 26.7. The maximum absolute atomic E-state index is 12.7. The fourth-order valence-electron chi connectivity index (χ4n) is 4.09. The predicted octanol–water partition coefficient (Wildman–Crippen LogP) is 2.64. The molecule has 2 aromatic rings. The average molecular weight is 350 g/mol. The van der Waals surface area contributed by atoms with Crippen LogP contribution in [0, 0.1) is 11.8 Å². The third-order valence-corrected chi connectivity index (χ3v) is 6.82. The highest BCUT2D eigenvalue weighted by Crippen LogP contribution is 2.50. The van der Waals surface area contributed by atoms with Gasteiger partial charge in [0.25, 0.3) is 0 Å². The molecule has 1 N–H and O–H groups in total. The van der Waals surface area contributed by atoms with Crippen LogP contribution in [0.3, 0.4) is 0 Å². The van der Waals surface area contributed by atoms with Crippen molar-refractivity contribution in [3.05, 3.63) is 28.7 Å². The van der Waals surface area contributed by atoms with Gasteiger partial charge in [0.05, 0.1) is 10.4 Å². The molecule has 2 aliphatic carbocycles. The maximum Gasteiger partial charge on any atom is 0.420 e. The summed E-state index contributed by atoms with van der Waals surface area (Å²) in [6.07, 6.45) is 4.62. The lowest BCUT2D eigenvalue weighted by Gasteiger charge is -2.08.